The quantitative estimate of drug-likeness (QED) is 0.197. The van der Waals surface area contributed by atoms with Gasteiger partial charge in [-0.3, -0.25) is 0 Å². The van der Waals surface area contributed by atoms with E-state index in [1.165, 1.54) is 0 Å². The lowest BCUT2D eigenvalue weighted by atomic mass is 10.0. The molecule has 0 radical (unpaired) electrons. The van der Waals surface area contributed by atoms with Crippen molar-refractivity contribution in [3.05, 3.63) is 85.8 Å². The summed E-state index contributed by atoms with van der Waals surface area (Å²) in [4.78, 5) is 12.2. The number of aromatic hydroxyl groups is 1. The molecule has 0 fully saturated rings. The number of hydrogen-bond donors (Lipinski definition) is 1. The lowest BCUT2D eigenvalue weighted by Gasteiger charge is -2.15. The number of esters is 1. The Hall–Kier alpha value is -2.08. The van der Waals surface area contributed by atoms with Crippen molar-refractivity contribution >= 4 is 45.0 Å². The third kappa shape index (κ3) is 7.46. The van der Waals surface area contributed by atoms with Crippen LogP contribution in [-0.4, -0.2) is 31.0 Å². The fourth-order valence-electron chi connectivity index (χ4n) is 3.43. The molecule has 5 nitrogen and oxygen atoms in total. The molecule has 0 amide bonds. The zero-order valence-electron chi connectivity index (χ0n) is 19.3. The van der Waals surface area contributed by atoms with Gasteiger partial charge in [-0.1, -0.05) is 19.1 Å². The van der Waals surface area contributed by atoms with Gasteiger partial charge in [-0.25, -0.2) is 4.79 Å². The first kappa shape index (κ1) is 26.5. The van der Waals surface area contributed by atoms with Crippen molar-refractivity contribution in [3.8, 4) is 17.2 Å². The van der Waals surface area contributed by atoms with Crippen LogP contribution in [0.3, 0.4) is 0 Å². The molecule has 0 aliphatic rings. The first-order valence-electron chi connectivity index (χ1n) is 10.8. The number of rotatable bonds is 9. The van der Waals surface area contributed by atoms with E-state index < -0.39 is 7.14 Å². The predicted molar refractivity (Wildman–Crippen MR) is 143 cm³/mol. The standard InChI is InChI=1S/C26H27Br2O5P/c1-4-10-32-26(30)19-7-5-6-17(11-19)12-20-15-21(8-9-24(20)29)33-25-22(27)13-18(14-23(25)28)16-34(2,3)31/h5-9,11,13-15,29H,4,10,12,16H2,1-3H3. The van der Waals surface area contributed by atoms with Crippen molar-refractivity contribution in [1.82, 2.24) is 0 Å². The molecule has 0 heterocycles. The molecule has 3 rings (SSSR count). The minimum atomic E-state index is -2.21. The molecular formula is C26H27Br2O5P. The van der Waals surface area contributed by atoms with Crippen molar-refractivity contribution < 1.29 is 23.9 Å². The predicted octanol–water partition coefficient (Wildman–Crippen LogP) is 7.99. The monoisotopic (exact) mass is 608 g/mol. The average molecular weight is 610 g/mol. The number of carbonyl (C=O) groups is 1. The van der Waals surface area contributed by atoms with E-state index in [0.717, 1.165) is 26.5 Å². The fourth-order valence-corrected chi connectivity index (χ4v) is 5.94. The number of carbonyl (C=O) groups excluding carboxylic acids is 1. The van der Waals surface area contributed by atoms with Crippen LogP contribution in [0.4, 0.5) is 0 Å². The molecule has 8 heteroatoms. The Bertz CT molecular complexity index is 1210. The van der Waals surface area contributed by atoms with Crippen LogP contribution >= 0.6 is 39.0 Å². The van der Waals surface area contributed by atoms with Gasteiger partial charge in [0.05, 0.1) is 28.3 Å². The van der Waals surface area contributed by atoms with Crippen LogP contribution in [0.15, 0.2) is 63.5 Å². The molecular weight excluding hydrogens is 583 g/mol. The van der Waals surface area contributed by atoms with Crippen molar-refractivity contribution in [2.45, 2.75) is 25.9 Å². The first-order chi connectivity index (χ1) is 16.1. The Morgan fingerprint density at radius 1 is 1.00 bits per heavy atom. The van der Waals surface area contributed by atoms with Gasteiger partial charge in [0, 0.05) is 18.1 Å². The number of ether oxygens (including phenoxy) is 2. The molecule has 0 aromatic heterocycles. The number of phenols is 1. The van der Waals surface area contributed by atoms with Crippen molar-refractivity contribution in [3.63, 3.8) is 0 Å². The van der Waals surface area contributed by atoms with E-state index in [9.17, 15) is 14.5 Å². The molecule has 0 saturated carbocycles. The lowest BCUT2D eigenvalue weighted by Crippen LogP contribution is -2.06. The van der Waals surface area contributed by atoms with Crippen LogP contribution in [0, 0.1) is 0 Å². The Morgan fingerprint density at radius 2 is 1.71 bits per heavy atom. The van der Waals surface area contributed by atoms with E-state index in [2.05, 4.69) is 31.9 Å². The summed E-state index contributed by atoms with van der Waals surface area (Å²) in [5, 5.41) is 10.4. The summed E-state index contributed by atoms with van der Waals surface area (Å²) in [6.45, 7) is 5.86. The van der Waals surface area contributed by atoms with Gasteiger partial charge in [-0.05, 0) is 105 Å². The zero-order chi connectivity index (χ0) is 24.9. The molecule has 0 unspecified atom stereocenters. The second kappa shape index (κ2) is 11.6. The van der Waals surface area contributed by atoms with E-state index in [1.54, 1.807) is 49.7 Å². The van der Waals surface area contributed by atoms with E-state index in [0.29, 0.717) is 41.8 Å². The van der Waals surface area contributed by atoms with Crippen molar-refractivity contribution in [2.24, 2.45) is 0 Å². The minimum absolute atomic E-state index is 0.140. The maximum absolute atomic E-state index is 12.2. The number of phenolic OH excluding ortho intramolecular Hbond substituents is 1. The Labute approximate surface area is 217 Å². The van der Waals surface area contributed by atoms with E-state index in [-0.39, 0.29) is 11.7 Å². The Kier molecular flexibility index (Phi) is 9.02. The molecule has 0 atom stereocenters. The molecule has 34 heavy (non-hydrogen) atoms. The summed E-state index contributed by atoms with van der Waals surface area (Å²) in [5.74, 6) is 0.923. The summed E-state index contributed by atoms with van der Waals surface area (Å²) in [5.41, 5.74) is 2.96. The number of hydrogen-bond acceptors (Lipinski definition) is 5. The van der Waals surface area contributed by atoms with E-state index in [1.807, 2.05) is 25.1 Å². The highest BCUT2D eigenvalue weighted by Gasteiger charge is 2.16. The summed E-state index contributed by atoms with van der Waals surface area (Å²) in [6.07, 6.45) is 1.68. The van der Waals surface area contributed by atoms with Crippen LogP contribution in [0.25, 0.3) is 0 Å². The molecule has 3 aromatic carbocycles. The minimum Gasteiger partial charge on any atom is -0.508 e. The van der Waals surface area contributed by atoms with E-state index in [4.69, 9.17) is 9.47 Å². The van der Waals surface area contributed by atoms with Crippen LogP contribution in [0.5, 0.6) is 17.2 Å². The smallest absolute Gasteiger partial charge is 0.338 e. The zero-order valence-corrected chi connectivity index (χ0v) is 23.4. The average Bonchev–Trinajstić information content (AvgIpc) is 2.76. The highest BCUT2D eigenvalue weighted by molar-refractivity contribution is 9.11. The lowest BCUT2D eigenvalue weighted by molar-refractivity contribution is 0.0505. The highest BCUT2D eigenvalue weighted by atomic mass is 79.9. The van der Waals surface area contributed by atoms with Gasteiger partial charge in [0.2, 0.25) is 0 Å². The Balaban J connectivity index is 1.81. The molecule has 0 spiro atoms. The second-order valence-corrected chi connectivity index (χ2v) is 13.7. The molecule has 0 aliphatic heterocycles. The summed E-state index contributed by atoms with van der Waals surface area (Å²) in [7, 11) is -2.21. The van der Waals surface area contributed by atoms with Gasteiger partial charge in [-0.2, -0.15) is 0 Å². The summed E-state index contributed by atoms with van der Waals surface area (Å²) < 4.78 is 25.0. The highest BCUT2D eigenvalue weighted by Crippen LogP contribution is 2.44. The first-order valence-corrected chi connectivity index (χ1v) is 15.2. The van der Waals surface area contributed by atoms with Crippen LogP contribution in [0.2, 0.25) is 0 Å². The van der Waals surface area contributed by atoms with Crippen molar-refractivity contribution in [1.29, 1.82) is 0 Å². The normalized spacial score (nSPS) is 11.3. The fraction of sp³-hybridized carbons (Fsp3) is 0.269. The molecule has 3 aromatic rings. The second-order valence-electron chi connectivity index (χ2n) is 8.53. The van der Waals surface area contributed by atoms with E-state index >= 15 is 0 Å². The molecule has 0 saturated heterocycles. The number of halogens is 2. The van der Waals surface area contributed by atoms with Crippen LogP contribution in [-0.2, 0) is 21.9 Å². The summed E-state index contributed by atoms with van der Waals surface area (Å²) in [6, 6.07) is 16.1. The van der Waals surface area contributed by atoms with Gasteiger partial charge in [-0.15, -0.1) is 0 Å². The van der Waals surface area contributed by atoms with Crippen molar-refractivity contribution in [2.75, 3.05) is 19.9 Å². The number of benzene rings is 3. The van der Waals surface area contributed by atoms with Gasteiger partial charge in [0.1, 0.15) is 11.5 Å². The molecule has 1 N–H and O–H groups in total. The molecule has 180 valence electrons. The topological polar surface area (TPSA) is 72.8 Å². The Morgan fingerprint density at radius 3 is 2.35 bits per heavy atom. The van der Waals surface area contributed by atoms with Gasteiger partial charge < -0.3 is 19.1 Å². The molecule has 0 bridgehead atoms. The van der Waals surface area contributed by atoms with Crippen LogP contribution in [0.1, 0.15) is 40.4 Å². The van der Waals surface area contributed by atoms with Gasteiger partial charge in [0.25, 0.3) is 0 Å². The van der Waals surface area contributed by atoms with Gasteiger partial charge >= 0.3 is 5.97 Å². The summed E-state index contributed by atoms with van der Waals surface area (Å²) >= 11 is 7.10. The third-order valence-electron chi connectivity index (χ3n) is 4.89. The molecule has 0 aliphatic carbocycles. The van der Waals surface area contributed by atoms with Gasteiger partial charge in [0.15, 0.2) is 5.75 Å². The SMILES string of the molecule is CCCOC(=O)c1cccc(Cc2cc(Oc3c(Br)cc(CP(C)(C)=O)cc3Br)ccc2O)c1. The maximum atomic E-state index is 12.2. The maximum Gasteiger partial charge on any atom is 0.338 e. The third-order valence-corrected chi connectivity index (χ3v) is 7.19. The van der Waals surface area contributed by atoms with Crippen LogP contribution < -0.4 is 4.74 Å². The largest absolute Gasteiger partial charge is 0.508 e.